The molecule has 3 heteroatoms. The standard InChI is InChI=1S/C12H14O3/c1-3-4-9(2)15-12(14)10-5-7-11(13)8-6-10/h3,5-9,13H,1,4H2,2H3. The summed E-state index contributed by atoms with van der Waals surface area (Å²) in [5.74, 6) is -0.255. The van der Waals surface area contributed by atoms with E-state index >= 15 is 0 Å². The van der Waals surface area contributed by atoms with Crippen molar-refractivity contribution in [3.63, 3.8) is 0 Å². The molecule has 0 heterocycles. The minimum Gasteiger partial charge on any atom is -0.508 e. The summed E-state index contributed by atoms with van der Waals surface area (Å²) >= 11 is 0. The van der Waals surface area contributed by atoms with Gasteiger partial charge in [-0.1, -0.05) is 6.08 Å². The van der Waals surface area contributed by atoms with E-state index in [1.54, 1.807) is 13.0 Å². The summed E-state index contributed by atoms with van der Waals surface area (Å²) in [6.45, 7) is 5.37. The molecule has 0 bridgehead atoms. The van der Waals surface area contributed by atoms with Crippen LogP contribution in [0, 0.1) is 0 Å². The van der Waals surface area contributed by atoms with Crippen molar-refractivity contribution < 1.29 is 14.6 Å². The van der Waals surface area contributed by atoms with E-state index in [1.807, 2.05) is 0 Å². The van der Waals surface area contributed by atoms with Crippen LogP contribution in [0.1, 0.15) is 23.7 Å². The van der Waals surface area contributed by atoms with Crippen molar-refractivity contribution in [1.29, 1.82) is 0 Å². The number of carbonyl (C=O) groups is 1. The van der Waals surface area contributed by atoms with Crippen molar-refractivity contribution in [1.82, 2.24) is 0 Å². The maximum absolute atomic E-state index is 11.5. The molecule has 1 rings (SSSR count). The Labute approximate surface area is 89.0 Å². The van der Waals surface area contributed by atoms with Crippen LogP contribution in [0.25, 0.3) is 0 Å². The number of esters is 1. The summed E-state index contributed by atoms with van der Waals surface area (Å²) in [5, 5.41) is 9.04. The molecule has 0 aromatic heterocycles. The number of hydrogen-bond donors (Lipinski definition) is 1. The fourth-order valence-corrected chi connectivity index (χ4v) is 1.13. The smallest absolute Gasteiger partial charge is 0.338 e. The minimum absolute atomic E-state index is 0.130. The van der Waals surface area contributed by atoms with Crippen LogP contribution < -0.4 is 0 Å². The van der Waals surface area contributed by atoms with E-state index < -0.39 is 0 Å². The van der Waals surface area contributed by atoms with Gasteiger partial charge < -0.3 is 9.84 Å². The van der Waals surface area contributed by atoms with Crippen molar-refractivity contribution in [2.24, 2.45) is 0 Å². The molecule has 0 spiro atoms. The maximum Gasteiger partial charge on any atom is 0.338 e. The Morgan fingerprint density at radius 2 is 2.13 bits per heavy atom. The molecule has 0 amide bonds. The summed E-state index contributed by atoms with van der Waals surface area (Å²) in [7, 11) is 0. The number of hydrogen-bond acceptors (Lipinski definition) is 3. The van der Waals surface area contributed by atoms with Gasteiger partial charge in [0.25, 0.3) is 0 Å². The summed E-state index contributed by atoms with van der Waals surface area (Å²) < 4.78 is 5.12. The first-order valence-corrected chi connectivity index (χ1v) is 4.74. The highest BCUT2D eigenvalue weighted by Gasteiger charge is 2.10. The van der Waals surface area contributed by atoms with Gasteiger partial charge in [0.05, 0.1) is 5.56 Å². The molecule has 0 radical (unpaired) electrons. The molecule has 3 nitrogen and oxygen atoms in total. The molecule has 1 aromatic carbocycles. The van der Waals surface area contributed by atoms with Gasteiger partial charge in [-0.05, 0) is 31.2 Å². The summed E-state index contributed by atoms with van der Waals surface area (Å²) in [6.07, 6.45) is 2.15. The van der Waals surface area contributed by atoms with E-state index in [9.17, 15) is 4.79 Å². The first-order chi connectivity index (χ1) is 7.13. The lowest BCUT2D eigenvalue weighted by atomic mass is 10.2. The topological polar surface area (TPSA) is 46.5 Å². The monoisotopic (exact) mass is 206 g/mol. The predicted molar refractivity (Wildman–Crippen MR) is 57.8 cm³/mol. The SMILES string of the molecule is C=CCC(C)OC(=O)c1ccc(O)cc1. The average molecular weight is 206 g/mol. The lowest BCUT2D eigenvalue weighted by Crippen LogP contribution is -2.14. The maximum atomic E-state index is 11.5. The van der Waals surface area contributed by atoms with Crippen LogP contribution in [0.4, 0.5) is 0 Å². The van der Waals surface area contributed by atoms with Crippen molar-refractivity contribution >= 4 is 5.97 Å². The molecule has 0 aliphatic carbocycles. The van der Waals surface area contributed by atoms with Crippen LogP contribution in [0.2, 0.25) is 0 Å². The molecule has 80 valence electrons. The Morgan fingerprint density at radius 1 is 1.53 bits per heavy atom. The van der Waals surface area contributed by atoms with Gasteiger partial charge in [-0.25, -0.2) is 4.79 Å². The fourth-order valence-electron chi connectivity index (χ4n) is 1.13. The van der Waals surface area contributed by atoms with E-state index in [4.69, 9.17) is 9.84 Å². The van der Waals surface area contributed by atoms with Crippen molar-refractivity contribution in [3.05, 3.63) is 42.5 Å². The Kier molecular flexibility index (Phi) is 3.92. The highest BCUT2D eigenvalue weighted by molar-refractivity contribution is 5.89. The van der Waals surface area contributed by atoms with Crippen LogP contribution in [0.5, 0.6) is 5.75 Å². The molecule has 1 aromatic rings. The number of aromatic hydroxyl groups is 1. The molecular weight excluding hydrogens is 192 g/mol. The Hall–Kier alpha value is -1.77. The van der Waals surface area contributed by atoms with Crippen LogP contribution >= 0.6 is 0 Å². The number of ether oxygens (including phenoxy) is 1. The van der Waals surface area contributed by atoms with Gasteiger partial charge in [-0.3, -0.25) is 0 Å². The van der Waals surface area contributed by atoms with Crippen LogP contribution in [-0.2, 0) is 4.74 Å². The van der Waals surface area contributed by atoms with E-state index in [0.29, 0.717) is 12.0 Å². The highest BCUT2D eigenvalue weighted by Crippen LogP contribution is 2.11. The number of carbonyl (C=O) groups excluding carboxylic acids is 1. The van der Waals surface area contributed by atoms with Gasteiger partial charge in [0.2, 0.25) is 0 Å². The summed E-state index contributed by atoms with van der Waals surface area (Å²) in [6, 6.07) is 5.96. The third kappa shape index (κ3) is 3.46. The molecule has 1 atom stereocenters. The number of rotatable bonds is 4. The zero-order chi connectivity index (χ0) is 11.3. The number of benzene rings is 1. The van der Waals surface area contributed by atoms with E-state index in [0.717, 1.165) is 0 Å². The molecule has 0 saturated heterocycles. The average Bonchev–Trinajstić information content (AvgIpc) is 2.18. The largest absolute Gasteiger partial charge is 0.508 e. The zero-order valence-electron chi connectivity index (χ0n) is 8.64. The quantitative estimate of drug-likeness (QED) is 0.608. The summed E-state index contributed by atoms with van der Waals surface area (Å²) in [5.41, 5.74) is 0.434. The molecular formula is C12H14O3. The van der Waals surface area contributed by atoms with Crippen molar-refractivity contribution in [2.75, 3.05) is 0 Å². The second kappa shape index (κ2) is 5.20. The molecule has 0 saturated carbocycles. The predicted octanol–water partition coefficient (Wildman–Crippen LogP) is 2.51. The zero-order valence-corrected chi connectivity index (χ0v) is 8.64. The number of phenolic OH excluding ortho intramolecular Hbond substituents is 1. The van der Waals surface area contributed by atoms with Gasteiger partial charge in [-0.15, -0.1) is 6.58 Å². The fraction of sp³-hybridized carbons (Fsp3) is 0.250. The lowest BCUT2D eigenvalue weighted by Gasteiger charge is -2.10. The third-order valence-corrected chi connectivity index (χ3v) is 1.91. The lowest BCUT2D eigenvalue weighted by molar-refractivity contribution is 0.0348. The van der Waals surface area contributed by atoms with Crippen molar-refractivity contribution in [2.45, 2.75) is 19.4 Å². The Bertz CT molecular complexity index is 340. The van der Waals surface area contributed by atoms with Crippen molar-refractivity contribution in [3.8, 4) is 5.75 Å². The van der Waals surface area contributed by atoms with Crippen LogP contribution in [0.3, 0.4) is 0 Å². The van der Waals surface area contributed by atoms with Crippen LogP contribution in [-0.4, -0.2) is 17.2 Å². The first-order valence-electron chi connectivity index (χ1n) is 4.74. The molecule has 0 aliphatic rings. The molecule has 15 heavy (non-hydrogen) atoms. The highest BCUT2D eigenvalue weighted by atomic mass is 16.5. The van der Waals surface area contributed by atoms with Gasteiger partial charge in [0.15, 0.2) is 0 Å². The van der Waals surface area contributed by atoms with E-state index in [2.05, 4.69) is 6.58 Å². The molecule has 0 aliphatic heterocycles. The summed E-state index contributed by atoms with van der Waals surface area (Å²) in [4.78, 5) is 11.5. The molecule has 1 N–H and O–H groups in total. The Morgan fingerprint density at radius 3 is 2.67 bits per heavy atom. The molecule has 0 fully saturated rings. The van der Waals surface area contributed by atoms with E-state index in [-0.39, 0.29) is 17.8 Å². The Balaban J connectivity index is 2.61. The van der Waals surface area contributed by atoms with Gasteiger partial charge in [-0.2, -0.15) is 0 Å². The second-order valence-corrected chi connectivity index (χ2v) is 3.29. The van der Waals surface area contributed by atoms with E-state index in [1.165, 1.54) is 24.3 Å². The van der Waals surface area contributed by atoms with Crippen LogP contribution in [0.15, 0.2) is 36.9 Å². The normalized spacial score (nSPS) is 11.8. The van der Waals surface area contributed by atoms with Gasteiger partial charge in [0.1, 0.15) is 11.9 Å². The third-order valence-electron chi connectivity index (χ3n) is 1.91. The van der Waals surface area contributed by atoms with Gasteiger partial charge in [0, 0.05) is 6.42 Å². The van der Waals surface area contributed by atoms with Gasteiger partial charge >= 0.3 is 5.97 Å². The second-order valence-electron chi connectivity index (χ2n) is 3.29. The first kappa shape index (κ1) is 11.3. The number of phenols is 1. The molecule has 1 unspecified atom stereocenters. The minimum atomic E-state index is -0.385.